The van der Waals surface area contributed by atoms with Gasteiger partial charge in [0.25, 0.3) is 5.91 Å². The van der Waals surface area contributed by atoms with Crippen LogP contribution in [0.4, 0.5) is 15.8 Å². The molecule has 0 radical (unpaired) electrons. The number of amides is 1. The van der Waals surface area contributed by atoms with E-state index in [1.165, 1.54) is 13.2 Å². The number of carbonyl (C=O) groups excluding carboxylic acids is 2. The molecule has 0 saturated carbocycles. The maximum absolute atomic E-state index is 12.9. The SMILES string of the molecule is COc1cccc(NC(=O)COC(=O)c2ccc(F)cc2N)c1. The molecular weight excluding hydrogens is 303 g/mol. The molecule has 6 nitrogen and oxygen atoms in total. The number of halogens is 1. The molecule has 1 amide bonds. The van der Waals surface area contributed by atoms with Crippen molar-refractivity contribution >= 4 is 23.3 Å². The lowest BCUT2D eigenvalue weighted by atomic mass is 10.2. The van der Waals surface area contributed by atoms with Crippen molar-refractivity contribution in [3.8, 4) is 5.75 Å². The summed E-state index contributed by atoms with van der Waals surface area (Å²) >= 11 is 0. The summed E-state index contributed by atoms with van der Waals surface area (Å²) in [6.45, 7) is -0.493. The van der Waals surface area contributed by atoms with Crippen LogP contribution < -0.4 is 15.8 Å². The minimum atomic E-state index is -0.803. The Morgan fingerprint density at radius 3 is 2.70 bits per heavy atom. The van der Waals surface area contributed by atoms with Crippen molar-refractivity contribution in [3.05, 3.63) is 53.8 Å². The summed E-state index contributed by atoms with van der Waals surface area (Å²) < 4.78 is 22.8. The molecular formula is C16H15FN2O4. The van der Waals surface area contributed by atoms with Crippen LogP contribution in [-0.2, 0) is 9.53 Å². The van der Waals surface area contributed by atoms with Gasteiger partial charge in [-0.1, -0.05) is 6.07 Å². The number of benzene rings is 2. The Bertz CT molecular complexity index is 734. The number of esters is 1. The second-order valence-corrected chi connectivity index (χ2v) is 4.59. The van der Waals surface area contributed by atoms with E-state index < -0.39 is 24.3 Å². The van der Waals surface area contributed by atoms with Crippen LogP contribution in [0.5, 0.6) is 5.75 Å². The molecule has 2 aromatic rings. The van der Waals surface area contributed by atoms with Crippen LogP contribution >= 0.6 is 0 Å². The number of methoxy groups -OCH3 is 1. The molecule has 0 bridgehead atoms. The number of carbonyl (C=O) groups is 2. The Balaban J connectivity index is 1.92. The predicted octanol–water partition coefficient (Wildman–Crippen LogP) is 2.21. The van der Waals surface area contributed by atoms with Gasteiger partial charge in [0.1, 0.15) is 11.6 Å². The van der Waals surface area contributed by atoms with Gasteiger partial charge in [0.2, 0.25) is 0 Å². The molecule has 3 N–H and O–H groups in total. The molecule has 0 aliphatic heterocycles. The number of ether oxygens (including phenoxy) is 2. The summed E-state index contributed by atoms with van der Waals surface area (Å²) in [4.78, 5) is 23.6. The maximum atomic E-state index is 12.9. The predicted molar refractivity (Wildman–Crippen MR) is 82.7 cm³/mol. The van der Waals surface area contributed by atoms with E-state index in [1.54, 1.807) is 24.3 Å². The number of hydrogen-bond donors (Lipinski definition) is 2. The van der Waals surface area contributed by atoms with E-state index in [0.717, 1.165) is 12.1 Å². The standard InChI is InChI=1S/C16H15FN2O4/c1-22-12-4-2-3-11(8-12)19-15(20)9-23-16(21)13-6-5-10(17)7-14(13)18/h2-8H,9,18H2,1H3,(H,19,20). The molecule has 0 saturated heterocycles. The van der Waals surface area contributed by atoms with Crippen LogP contribution in [0.3, 0.4) is 0 Å². The van der Waals surface area contributed by atoms with Crippen molar-refractivity contribution in [2.45, 2.75) is 0 Å². The Morgan fingerprint density at radius 1 is 1.22 bits per heavy atom. The normalized spacial score (nSPS) is 10.0. The molecule has 0 aliphatic rings. The van der Waals surface area contributed by atoms with Crippen molar-refractivity contribution < 1.29 is 23.5 Å². The highest BCUT2D eigenvalue weighted by molar-refractivity contribution is 5.98. The van der Waals surface area contributed by atoms with Gasteiger partial charge in [0, 0.05) is 17.4 Å². The third kappa shape index (κ3) is 4.44. The van der Waals surface area contributed by atoms with Gasteiger partial charge in [0.15, 0.2) is 6.61 Å². The zero-order valence-corrected chi connectivity index (χ0v) is 12.3. The van der Waals surface area contributed by atoms with Crippen molar-refractivity contribution in [1.82, 2.24) is 0 Å². The summed E-state index contributed by atoms with van der Waals surface area (Å²) in [5, 5.41) is 2.56. The first-order valence-electron chi connectivity index (χ1n) is 6.65. The summed E-state index contributed by atoms with van der Waals surface area (Å²) in [6, 6.07) is 10.0. The van der Waals surface area contributed by atoms with Gasteiger partial charge in [-0.15, -0.1) is 0 Å². The van der Waals surface area contributed by atoms with Crippen LogP contribution in [0.25, 0.3) is 0 Å². The monoisotopic (exact) mass is 318 g/mol. The zero-order valence-electron chi connectivity index (χ0n) is 12.3. The van der Waals surface area contributed by atoms with Crippen molar-refractivity contribution in [3.63, 3.8) is 0 Å². The number of anilines is 2. The highest BCUT2D eigenvalue weighted by Crippen LogP contribution is 2.17. The van der Waals surface area contributed by atoms with Gasteiger partial charge in [0.05, 0.1) is 12.7 Å². The second-order valence-electron chi connectivity index (χ2n) is 4.59. The van der Waals surface area contributed by atoms with E-state index in [-0.39, 0.29) is 11.3 Å². The van der Waals surface area contributed by atoms with Crippen molar-refractivity contribution in [2.24, 2.45) is 0 Å². The number of nitrogens with one attached hydrogen (secondary N) is 1. The lowest BCUT2D eigenvalue weighted by Gasteiger charge is -2.09. The molecule has 23 heavy (non-hydrogen) atoms. The van der Waals surface area contributed by atoms with Crippen LogP contribution in [-0.4, -0.2) is 25.6 Å². The maximum Gasteiger partial charge on any atom is 0.340 e. The zero-order chi connectivity index (χ0) is 16.8. The summed E-state index contributed by atoms with van der Waals surface area (Å²) in [5.41, 5.74) is 5.98. The average molecular weight is 318 g/mol. The molecule has 0 heterocycles. The highest BCUT2D eigenvalue weighted by Gasteiger charge is 2.14. The number of rotatable bonds is 5. The molecule has 0 spiro atoms. The molecule has 0 unspecified atom stereocenters. The molecule has 2 rings (SSSR count). The van der Waals surface area contributed by atoms with Crippen LogP contribution in [0.15, 0.2) is 42.5 Å². The largest absolute Gasteiger partial charge is 0.497 e. The Labute approximate surface area is 132 Å². The fraction of sp³-hybridized carbons (Fsp3) is 0.125. The third-order valence-corrected chi connectivity index (χ3v) is 2.92. The lowest BCUT2D eigenvalue weighted by molar-refractivity contribution is -0.119. The summed E-state index contributed by atoms with van der Waals surface area (Å²) in [6.07, 6.45) is 0. The van der Waals surface area contributed by atoms with E-state index in [9.17, 15) is 14.0 Å². The average Bonchev–Trinajstić information content (AvgIpc) is 2.53. The molecule has 7 heteroatoms. The Morgan fingerprint density at radius 2 is 2.00 bits per heavy atom. The molecule has 0 fully saturated rings. The first kappa shape index (κ1) is 16.3. The van der Waals surface area contributed by atoms with E-state index in [0.29, 0.717) is 11.4 Å². The van der Waals surface area contributed by atoms with Crippen LogP contribution in [0.2, 0.25) is 0 Å². The third-order valence-electron chi connectivity index (χ3n) is 2.92. The number of nitrogen functional groups attached to an aromatic ring is 1. The molecule has 0 atom stereocenters. The first-order chi connectivity index (χ1) is 11.0. The van der Waals surface area contributed by atoms with E-state index in [2.05, 4.69) is 5.32 Å². The molecule has 2 aromatic carbocycles. The summed E-state index contributed by atoms with van der Waals surface area (Å²) in [5.74, 6) is -1.30. The molecule has 120 valence electrons. The van der Waals surface area contributed by atoms with Crippen LogP contribution in [0, 0.1) is 5.82 Å². The Kier molecular flexibility index (Phi) is 5.14. The lowest BCUT2D eigenvalue weighted by Crippen LogP contribution is -2.21. The van der Waals surface area contributed by atoms with Crippen molar-refractivity contribution in [2.75, 3.05) is 24.8 Å². The quantitative estimate of drug-likeness (QED) is 0.651. The van der Waals surface area contributed by atoms with E-state index >= 15 is 0 Å². The van der Waals surface area contributed by atoms with Gasteiger partial charge in [-0.3, -0.25) is 4.79 Å². The second kappa shape index (κ2) is 7.26. The topological polar surface area (TPSA) is 90.6 Å². The van der Waals surface area contributed by atoms with Gasteiger partial charge in [-0.2, -0.15) is 0 Å². The number of hydrogen-bond acceptors (Lipinski definition) is 5. The van der Waals surface area contributed by atoms with Gasteiger partial charge < -0.3 is 20.5 Å². The van der Waals surface area contributed by atoms with Gasteiger partial charge >= 0.3 is 5.97 Å². The fourth-order valence-electron chi connectivity index (χ4n) is 1.83. The minimum absolute atomic E-state index is 0.000537. The fourth-order valence-corrected chi connectivity index (χ4v) is 1.83. The van der Waals surface area contributed by atoms with Crippen molar-refractivity contribution in [1.29, 1.82) is 0 Å². The summed E-state index contributed by atoms with van der Waals surface area (Å²) in [7, 11) is 1.51. The van der Waals surface area contributed by atoms with E-state index in [1.807, 2.05) is 0 Å². The van der Waals surface area contributed by atoms with Crippen LogP contribution in [0.1, 0.15) is 10.4 Å². The van der Waals surface area contributed by atoms with Gasteiger partial charge in [-0.25, -0.2) is 9.18 Å². The van der Waals surface area contributed by atoms with E-state index in [4.69, 9.17) is 15.2 Å². The smallest absolute Gasteiger partial charge is 0.340 e. The Hall–Kier alpha value is -3.09. The van der Waals surface area contributed by atoms with Gasteiger partial charge in [-0.05, 0) is 30.3 Å². The highest BCUT2D eigenvalue weighted by atomic mass is 19.1. The number of nitrogens with two attached hydrogens (primary N) is 1. The first-order valence-corrected chi connectivity index (χ1v) is 6.65. The minimum Gasteiger partial charge on any atom is -0.497 e. The molecule has 0 aromatic heterocycles. The molecule has 0 aliphatic carbocycles.